The zero-order valence-corrected chi connectivity index (χ0v) is 24.7. The molecule has 0 radical (unpaired) electrons. The van der Waals surface area contributed by atoms with Gasteiger partial charge in [0, 0.05) is 29.6 Å². The number of hydrogen-bond acceptors (Lipinski definition) is 10. The molecule has 3 heterocycles. The SMILES string of the molecule is CC1=CCC[C@H]2[C@@]1(C)[C@@H](OC(=O)c1ccccc1)[C@H](O)[C@]1(C)O[C@@]3(COC(=O)[C@H]3O)C[C@H](OC(=O)c3cccnc3)[C@]21C. The molecule has 3 fully saturated rings. The number of cyclic esters (lactones) is 1. The number of rotatable bonds is 4. The van der Waals surface area contributed by atoms with E-state index < -0.39 is 64.4 Å². The fraction of sp³-hybridized carbons (Fsp3) is 0.515. The van der Waals surface area contributed by atoms with Crippen molar-refractivity contribution in [1.82, 2.24) is 4.98 Å². The molecular formula is C33H37NO9. The molecule has 1 aromatic heterocycles. The summed E-state index contributed by atoms with van der Waals surface area (Å²) in [6.07, 6.45) is 1.21. The summed E-state index contributed by atoms with van der Waals surface area (Å²) in [5.74, 6) is -2.40. The van der Waals surface area contributed by atoms with E-state index in [0.29, 0.717) is 18.4 Å². The third-order valence-electron chi connectivity index (χ3n) is 10.9. The highest BCUT2D eigenvalue weighted by molar-refractivity contribution is 5.90. The molecule has 2 N–H and O–H groups in total. The van der Waals surface area contributed by atoms with Crippen LogP contribution in [0.4, 0.5) is 0 Å². The Kier molecular flexibility index (Phi) is 7.02. The highest BCUT2D eigenvalue weighted by Crippen LogP contribution is 2.68. The molecule has 43 heavy (non-hydrogen) atoms. The number of aliphatic hydroxyl groups is 2. The number of hydrogen-bond donors (Lipinski definition) is 2. The fourth-order valence-electron chi connectivity index (χ4n) is 8.20. The van der Waals surface area contributed by atoms with E-state index in [9.17, 15) is 24.6 Å². The number of benzene rings is 1. The van der Waals surface area contributed by atoms with Crippen LogP contribution in [-0.2, 0) is 23.7 Å². The second kappa shape index (κ2) is 10.2. The van der Waals surface area contributed by atoms with E-state index in [2.05, 4.69) is 11.1 Å². The van der Waals surface area contributed by atoms with Crippen molar-refractivity contribution in [2.24, 2.45) is 16.7 Å². The number of nitrogens with zero attached hydrogens (tertiary/aromatic N) is 1. The van der Waals surface area contributed by atoms with Crippen LogP contribution < -0.4 is 0 Å². The van der Waals surface area contributed by atoms with Gasteiger partial charge in [-0.05, 0) is 56.9 Å². The van der Waals surface area contributed by atoms with Gasteiger partial charge in [0.05, 0.1) is 11.1 Å². The summed E-state index contributed by atoms with van der Waals surface area (Å²) < 4.78 is 24.4. The van der Waals surface area contributed by atoms with Crippen LogP contribution in [0.2, 0.25) is 0 Å². The Hall–Kier alpha value is -3.60. The molecule has 9 atom stereocenters. The van der Waals surface area contributed by atoms with Crippen LogP contribution >= 0.6 is 0 Å². The Morgan fingerprint density at radius 3 is 2.35 bits per heavy atom. The van der Waals surface area contributed by atoms with Crippen molar-refractivity contribution in [3.8, 4) is 0 Å². The van der Waals surface area contributed by atoms with Crippen LogP contribution in [0.25, 0.3) is 0 Å². The predicted molar refractivity (Wildman–Crippen MR) is 152 cm³/mol. The highest BCUT2D eigenvalue weighted by atomic mass is 16.6. The van der Waals surface area contributed by atoms with Gasteiger partial charge in [-0.3, -0.25) is 4.98 Å². The molecule has 0 unspecified atom stereocenters. The summed E-state index contributed by atoms with van der Waals surface area (Å²) in [6, 6.07) is 11.8. The van der Waals surface area contributed by atoms with E-state index in [1.165, 1.54) is 6.20 Å². The lowest BCUT2D eigenvalue weighted by Gasteiger charge is -2.70. The molecule has 2 aliphatic carbocycles. The number of esters is 3. The molecule has 228 valence electrons. The van der Waals surface area contributed by atoms with Gasteiger partial charge in [0.1, 0.15) is 36.1 Å². The summed E-state index contributed by atoms with van der Waals surface area (Å²) in [4.78, 5) is 43.5. The molecule has 1 saturated carbocycles. The number of aromatic nitrogens is 1. The highest BCUT2D eigenvalue weighted by Gasteiger charge is 2.77. The Balaban J connectivity index is 1.49. The summed E-state index contributed by atoms with van der Waals surface area (Å²) in [5, 5.41) is 23.5. The van der Waals surface area contributed by atoms with Crippen LogP contribution in [0, 0.1) is 16.7 Å². The number of carbonyl (C=O) groups excluding carboxylic acids is 3. The van der Waals surface area contributed by atoms with Gasteiger partial charge < -0.3 is 29.2 Å². The minimum absolute atomic E-state index is 0.0471. The number of pyridine rings is 1. The van der Waals surface area contributed by atoms with Crippen molar-refractivity contribution >= 4 is 17.9 Å². The van der Waals surface area contributed by atoms with E-state index in [0.717, 1.165) is 5.57 Å². The van der Waals surface area contributed by atoms with Gasteiger partial charge in [-0.15, -0.1) is 0 Å². The smallest absolute Gasteiger partial charge is 0.339 e. The Morgan fingerprint density at radius 2 is 1.70 bits per heavy atom. The summed E-state index contributed by atoms with van der Waals surface area (Å²) >= 11 is 0. The first-order valence-electron chi connectivity index (χ1n) is 14.7. The largest absolute Gasteiger partial charge is 0.460 e. The van der Waals surface area contributed by atoms with Crippen LogP contribution in [0.5, 0.6) is 0 Å². The lowest BCUT2D eigenvalue weighted by Crippen LogP contribution is -2.80. The molecule has 2 saturated heterocycles. The van der Waals surface area contributed by atoms with Gasteiger partial charge in [0.15, 0.2) is 6.10 Å². The Bertz CT molecular complexity index is 1460. The maximum absolute atomic E-state index is 13.5. The molecule has 2 aromatic rings. The van der Waals surface area contributed by atoms with Crippen LogP contribution in [0.15, 0.2) is 66.5 Å². The number of aliphatic hydroxyl groups excluding tert-OH is 2. The zero-order chi connectivity index (χ0) is 30.8. The number of allylic oxidation sites excluding steroid dienone is 1. The van der Waals surface area contributed by atoms with Crippen LogP contribution in [-0.4, -0.2) is 75.3 Å². The minimum atomic E-state index is -1.67. The van der Waals surface area contributed by atoms with Gasteiger partial charge in [-0.1, -0.05) is 43.7 Å². The van der Waals surface area contributed by atoms with Crippen molar-refractivity contribution in [3.63, 3.8) is 0 Å². The quantitative estimate of drug-likeness (QED) is 0.309. The average molecular weight is 592 g/mol. The van der Waals surface area contributed by atoms with Crippen molar-refractivity contribution in [2.75, 3.05) is 6.61 Å². The van der Waals surface area contributed by atoms with Gasteiger partial charge >= 0.3 is 17.9 Å². The van der Waals surface area contributed by atoms with E-state index in [-0.39, 0.29) is 24.5 Å². The monoisotopic (exact) mass is 591 g/mol. The van der Waals surface area contributed by atoms with Crippen molar-refractivity contribution < 1.29 is 43.5 Å². The van der Waals surface area contributed by atoms with E-state index >= 15 is 0 Å². The number of fused-ring (bicyclic) bond motifs is 3. The molecule has 2 aliphatic heterocycles. The molecule has 4 aliphatic rings. The summed E-state index contributed by atoms with van der Waals surface area (Å²) in [5.41, 5.74) is -3.60. The molecule has 10 nitrogen and oxygen atoms in total. The fourth-order valence-corrected chi connectivity index (χ4v) is 8.20. The maximum Gasteiger partial charge on any atom is 0.339 e. The van der Waals surface area contributed by atoms with Crippen molar-refractivity contribution in [3.05, 3.63) is 77.6 Å². The van der Waals surface area contributed by atoms with E-state index in [1.807, 2.05) is 20.8 Å². The molecule has 0 amide bonds. The molecule has 1 spiro atoms. The van der Waals surface area contributed by atoms with Crippen molar-refractivity contribution in [2.45, 2.75) is 82.6 Å². The molecule has 6 rings (SSSR count). The normalized spacial score (nSPS) is 40.1. The molecule has 1 aromatic carbocycles. The summed E-state index contributed by atoms with van der Waals surface area (Å²) in [7, 11) is 0. The number of carbonyl (C=O) groups is 3. The topological polar surface area (TPSA) is 141 Å². The molecule has 10 heteroatoms. The first-order valence-corrected chi connectivity index (χ1v) is 14.7. The minimum Gasteiger partial charge on any atom is -0.460 e. The zero-order valence-electron chi connectivity index (χ0n) is 24.7. The van der Waals surface area contributed by atoms with Crippen LogP contribution in [0.3, 0.4) is 0 Å². The first kappa shape index (κ1) is 29.5. The standard InChI is InChI=1S/C33H37NO9/c1-19-10-8-14-22-30(19,2)26(42-27(37)20-11-6-5-7-12-20)24(35)32(4)31(22,3)23(41-28(38)21-13-9-15-34-17-21)16-33(43-32)18-40-29(39)25(33)36/h5-7,9-13,15,17,22-26,35-36H,8,14,16,18H2,1-4H3/t22-,23-,24-,25+,26-,30-,31-,32-,33+/m0/s1. The lowest BCUT2D eigenvalue weighted by molar-refractivity contribution is -0.369. The second-order valence-electron chi connectivity index (χ2n) is 12.8. The van der Waals surface area contributed by atoms with Gasteiger partial charge in [-0.2, -0.15) is 0 Å². The van der Waals surface area contributed by atoms with Gasteiger partial charge in [0.25, 0.3) is 0 Å². The second-order valence-corrected chi connectivity index (χ2v) is 12.8. The molecular weight excluding hydrogens is 554 g/mol. The van der Waals surface area contributed by atoms with Crippen LogP contribution in [0.1, 0.15) is 67.7 Å². The lowest BCUT2D eigenvalue weighted by atomic mass is 9.41. The van der Waals surface area contributed by atoms with E-state index in [4.69, 9.17) is 18.9 Å². The third-order valence-corrected chi connectivity index (χ3v) is 10.9. The van der Waals surface area contributed by atoms with Crippen molar-refractivity contribution in [1.29, 1.82) is 0 Å². The predicted octanol–water partition coefficient (Wildman–Crippen LogP) is 3.41. The molecule has 0 bridgehead atoms. The van der Waals surface area contributed by atoms with Gasteiger partial charge in [0.2, 0.25) is 0 Å². The third kappa shape index (κ3) is 4.17. The first-order chi connectivity index (χ1) is 20.4. The van der Waals surface area contributed by atoms with Gasteiger partial charge in [-0.25, -0.2) is 14.4 Å². The van der Waals surface area contributed by atoms with E-state index in [1.54, 1.807) is 55.6 Å². The average Bonchev–Trinajstić information content (AvgIpc) is 3.27. The Labute approximate surface area is 250 Å². The number of ether oxygens (including phenoxy) is 4. The maximum atomic E-state index is 13.5. The Morgan fingerprint density at radius 1 is 1.00 bits per heavy atom. The summed E-state index contributed by atoms with van der Waals surface area (Å²) in [6.45, 7) is 7.26.